The first-order valence-corrected chi connectivity index (χ1v) is 9.72. The summed E-state index contributed by atoms with van der Waals surface area (Å²) in [6, 6.07) is 13.0. The summed E-state index contributed by atoms with van der Waals surface area (Å²) in [6.45, 7) is 0. The van der Waals surface area contributed by atoms with Crippen LogP contribution >= 0.6 is 0 Å². The van der Waals surface area contributed by atoms with Crippen molar-refractivity contribution in [3.8, 4) is 10.1 Å². The zero-order valence-corrected chi connectivity index (χ0v) is 15.3. The molecule has 132 valence electrons. The third kappa shape index (κ3) is 2.64. The van der Waals surface area contributed by atoms with Crippen molar-refractivity contribution in [1.29, 1.82) is 0 Å². The third-order valence-electron chi connectivity index (χ3n) is 4.42. The number of alkyl halides is 3. The van der Waals surface area contributed by atoms with Crippen LogP contribution in [0.2, 0.25) is 0 Å². The Morgan fingerprint density at radius 2 is 1.70 bits per heavy atom. The fourth-order valence-corrected chi connectivity index (χ4v) is 5.51. The van der Waals surface area contributed by atoms with Crippen LogP contribution in [0.3, 0.4) is 0 Å². The average molecular weight is 430 g/mol. The molecule has 0 amide bonds. The summed E-state index contributed by atoms with van der Waals surface area (Å²) < 4.78 is 67.7. The van der Waals surface area contributed by atoms with Gasteiger partial charge >= 0.3 is 162 Å². The molecule has 2 heterocycles. The van der Waals surface area contributed by atoms with Crippen LogP contribution < -0.4 is 0 Å². The van der Waals surface area contributed by atoms with Crippen molar-refractivity contribution in [2.75, 3.05) is 0 Å². The van der Waals surface area contributed by atoms with Gasteiger partial charge in [-0.05, 0) is 0 Å². The van der Waals surface area contributed by atoms with Crippen LogP contribution in [0, 0.1) is 0 Å². The number of rotatable bonds is 1. The molecule has 2 nitrogen and oxygen atoms in total. The van der Waals surface area contributed by atoms with Crippen molar-refractivity contribution < 1.29 is 17.3 Å². The first-order chi connectivity index (χ1) is 14.2. The van der Waals surface area contributed by atoms with Gasteiger partial charge in [-0.25, -0.2) is 0 Å². The Bertz CT molecular complexity index is 1450. The SMILES string of the molecule is [2H]c1nc(-c2cc3ccccc3[se]2)c2cc3cc([2H])c([2H])cc3c(C(F)(F)F)c2n1. The number of benzene rings is 3. The Hall–Kier alpha value is -2.69. The Kier molecular flexibility index (Phi) is 2.95. The van der Waals surface area contributed by atoms with E-state index >= 15 is 0 Å². The maximum atomic E-state index is 14.1. The second-order valence-corrected chi connectivity index (χ2v) is 8.32. The summed E-state index contributed by atoms with van der Waals surface area (Å²) in [6.07, 6.45) is -5.23. The standard InChI is InChI=1S/C21H11F3N2Se/c22-21(23,24)18-14-7-3-1-5-12(14)9-15-19(25-11-26-20(15)18)17-10-13-6-2-4-8-16(13)27-17/h1-11H/i1D,3D,11D. The van der Waals surface area contributed by atoms with Crippen LogP contribution in [0.1, 0.15) is 9.68 Å². The molecule has 0 aliphatic carbocycles. The fraction of sp³-hybridized carbons (Fsp3) is 0.0476. The fourth-order valence-electron chi connectivity index (χ4n) is 3.27. The minimum atomic E-state index is -4.75. The molecule has 2 aromatic heterocycles. The zero-order valence-electron chi connectivity index (χ0n) is 16.6. The monoisotopic (exact) mass is 431 g/mol. The van der Waals surface area contributed by atoms with Gasteiger partial charge in [-0.2, -0.15) is 0 Å². The van der Waals surface area contributed by atoms with Gasteiger partial charge < -0.3 is 0 Å². The number of fused-ring (bicyclic) bond motifs is 3. The summed E-state index contributed by atoms with van der Waals surface area (Å²) in [5, 5.41) is 1.19. The molecule has 27 heavy (non-hydrogen) atoms. The maximum absolute atomic E-state index is 14.1. The second-order valence-electron chi connectivity index (χ2n) is 6.05. The molecule has 6 heteroatoms. The van der Waals surface area contributed by atoms with Crippen LogP contribution in [0.4, 0.5) is 13.2 Å². The number of aromatic nitrogens is 2. The van der Waals surface area contributed by atoms with Crippen LogP contribution in [0.25, 0.3) is 41.5 Å². The van der Waals surface area contributed by atoms with Gasteiger partial charge in [-0.15, -0.1) is 0 Å². The molecule has 3 aromatic carbocycles. The molecule has 5 rings (SSSR count). The third-order valence-corrected chi connectivity index (χ3v) is 6.78. The molecular formula is C21H11F3N2Se. The van der Waals surface area contributed by atoms with E-state index in [-0.39, 0.29) is 48.3 Å². The molecule has 0 N–H and O–H groups in total. The summed E-state index contributed by atoms with van der Waals surface area (Å²) in [5.41, 5.74) is -1.03. The van der Waals surface area contributed by atoms with Gasteiger partial charge in [0.2, 0.25) is 0 Å². The molecule has 0 spiro atoms. The van der Waals surface area contributed by atoms with Gasteiger partial charge in [0, 0.05) is 0 Å². The average Bonchev–Trinajstić information content (AvgIpc) is 3.10. The van der Waals surface area contributed by atoms with E-state index in [9.17, 15) is 13.2 Å². The normalized spacial score (nSPS) is 13.8. The molecule has 0 saturated carbocycles. The topological polar surface area (TPSA) is 25.8 Å². The molecule has 0 atom stereocenters. The Balaban J connectivity index is 1.96. The molecule has 0 fully saturated rings. The van der Waals surface area contributed by atoms with Gasteiger partial charge in [0.1, 0.15) is 0 Å². The van der Waals surface area contributed by atoms with Crippen molar-refractivity contribution in [3.05, 3.63) is 72.5 Å². The van der Waals surface area contributed by atoms with Gasteiger partial charge in [-0.1, -0.05) is 0 Å². The minimum absolute atomic E-state index is 0.161. The van der Waals surface area contributed by atoms with Crippen LogP contribution in [-0.4, -0.2) is 24.5 Å². The predicted molar refractivity (Wildman–Crippen MR) is 102 cm³/mol. The van der Waals surface area contributed by atoms with E-state index in [4.69, 9.17) is 4.11 Å². The predicted octanol–water partition coefficient (Wildman–Crippen LogP) is 5.68. The van der Waals surface area contributed by atoms with Crippen LogP contribution in [-0.2, 0) is 6.18 Å². The van der Waals surface area contributed by atoms with Crippen LogP contribution in [0.15, 0.2) is 66.9 Å². The van der Waals surface area contributed by atoms with E-state index in [0.29, 0.717) is 5.69 Å². The molecule has 0 unspecified atom stereocenters. The Morgan fingerprint density at radius 3 is 2.52 bits per heavy atom. The van der Waals surface area contributed by atoms with Crippen molar-refractivity contribution in [2.45, 2.75) is 6.18 Å². The molecule has 0 aliphatic heterocycles. The van der Waals surface area contributed by atoms with E-state index < -0.39 is 18.0 Å². The van der Waals surface area contributed by atoms with Crippen molar-refractivity contribution in [3.63, 3.8) is 0 Å². The summed E-state index contributed by atoms with van der Waals surface area (Å²) >= 11 is -0.163. The molecule has 0 saturated heterocycles. The van der Waals surface area contributed by atoms with E-state index in [0.717, 1.165) is 20.2 Å². The first-order valence-electron chi connectivity index (χ1n) is 9.51. The molecule has 0 radical (unpaired) electrons. The zero-order chi connectivity index (χ0) is 21.2. The van der Waals surface area contributed by atoms with E-state index in [2.05, 4.69) is 9.97 Å². The molecular weight excluding hydrogens is 416 g/mol. The number of halogens is 3. The second kappa shape index (κ2) is 5.91. The van der Waals surface area contributed by atoms with Crippen LogP contribution in [0.5, 0.6) is 0 Å². The molecule has 0 bridgehead atoms. The quantitative estimate of drug-likeness (QED) is 0.253. The van der Waals surface area contributed by atoms with Crippen molar-refractivity contribution in [2.24, 2.45) is 0 Å². The summed E-state index contributed by atoms with van der Waals surface area (Å²) in [7, 11) is 0. The van der Waals surface area contributed by atoms with E-state index in [1.807, 2.05) is 30.3 Å². The molecule has 5 aromatic rings. The number of hydrogen-bond acceptors (Lipinski definition) is 2. The van der Waals surface area contributed by atoms with Crippen molar-refractivity contribution in [1.82, 2.24) is 9.97 Å². The molecule has 0 aliphatic rings. The first kappa shape index (κ1) is 13.5. The van der Waals surface area contributed by atoms with E-state index in [1.54, 1.807) is 0 Å². The number of hydrogen-bond donors (Lipinski definition) is 0. The number of nitrogens with zero attached hydrogens (tertiary/aromatic N) is 2. The Morgan fingerprint density at radius 1 is 0.889 bits per heavy atom. The van der Waals surface area contributed by atoms with Gasteiger partial charge in [0.25, 0.3) is 0 Å². The van der Waals surface area contributed by atoms with Gasteiger partial charge in [0.15, 0.2) is 0 Å². The van der Waals surface area contributed by atoms with Crippen molar-refractivity contribution >= 4 is 45.8 Å². The van der Waals surface area contributed by atoms with E-state index in [1.165, 1.54) is 12.1 Å². The summed E-state index contributed by atoms with van der Waals surface area (Å²) in [5.74, 6) is 0. The van der Waals surface area contributed by atoms with Gasteiger partial charge in [-0.3, -0.25) is 0 Å². The summed E-state index contributed by atoms with van der Waals surface area (Å²) in [4.78, 5) is 8.02. The Labute approximate surface area is 162 Å². The van der Waals surface area contributed by atoms with Gasteiger partial charge in [0.05, 0.1) is 0 Å².